The highest BCUT2D eigenvalue weighted by Gasteiger charge is 2.20. The maximum atomic E-state index is 12.3. The molecule has 0 atom stereocenters. The summed E-state index contributed by atoms with van der Waals surface area (Å²) >= 11 is 3.46. The Bertz CT molecular complexity index is 1640. The second kappa shape index (κ2) is 8.92. The molecule has 2 heterocycles. The smallest absolute Gasteiger partial charge is 0.351 e. The number of imidazole rings is 1. The number of anilines is 2. The van der Waals surface area contributed by atoms with E-state index in [2.05, 4.69) is 21.2 Å². The van der Waals surface area contributed by atoms with Gasteiger partial charge < -0.3 is 24.1 Å². The second-order valence-electron chi connectivity index (χ2n) is 8.03. The number of rotatable bonds is 6. The van der Waals surface area contributed by atoms with Crippen molar-refractivity contribution in [1.82, 2.24) is 9.55 Å². The lowest BCUT2D eigenvalue weighted by Gasteiger charge is -2.12. The largest absolute Gasteiger partial charge is 0.497 e. The van der Waals surface area contributed by atoms with Gasteiger partial charge >= 0.3 is 11.6 Å². The summed E-state index contributed by atoms with van der Waals surface area (Å²) < 4.78 is 13.6. The van der Waals surface area contributed by atoms with Crippen LogP contribution in [0.15, 0.2) is 74.3 Å². The average molecular weight is 534 g/mol. The van der Waals surface area contributed by atoms with Crippen LogP contribution in [0.3, 0.4) is 0 Å². The number of carboxylic acids is 1. The van der Waals surface area contributed by atoms with Gasteiger partial charge in [-0.15, -0.1) is 0 Å². The molecule has 0 aliphatic carbocycles. The number of methoxy groups -OCH3 is 1. The third-order valence-electron chi connectivity index (χ3n) is 5.85. The van der Waals surface area contributed by atoms with E-state index in [-0.39, 0.29) is 5.56 Å². The Morgan fingerprint density at radius 2 is 1.86 bits per heavy atom. The Labute approximate surface area is 207 Å². The summed E-state index contributed by atoms with van der Waals surface area (Å²) in [6, 6.07) is 18.9. The number of carbonyl (C=O) groups is 1. The highest BCUT2D eigenvalue weighted by atomic mass is 79.9. The fraction of sp³-hybridized carbons (Fsp3) is 0.115. The molecule has 5 aromatic rings. The van der Waals surface area contributed by atoms with Crippen LogP contribution in [0.5, 0.6) is 5.75 Å². The zero-order valence-electron chi connectivity index (χ0n) is 18.8. The van der Waals surface area contributed by atoms with Crippen LogP contribution in [0.4, 0.5) is 11.6 Å². The van der Waals surface area contributed by atoms with Crippen LogP contribution < -0.4 is 15.7 Å². The van der Waals surface area contributed by atoms with Crippen LogP contribution in [0.25, 0.3) is 22.0 Å². The van der Waals surface area contributed by atoms with Gasteiger partial charge in [0.15, 0.2) is 0 Å². The first kappa shape index (κ1) is 22.7. The SMILES string of the molecule is COc1ccc(Nc2nc3cc4c(C)c(C(=O)O)c(=O)oc4cc3n2Cc2ccc(Br)cc2)cc1. The first-order valence-electron chi connectivity index (χ1n) is 10.7. The van der Waals surface area contributed by atoms with E-state index in [1.807, 2.05) is 53.1 Å². The van der Waals surface area contributed by atoms with Crippen LogP contribution in [-0.2, 0) is 6.54 Å². The van der Waals surface area contributed by atoms with Gasteiger partial charge in [-0.25, -0.2) is 14.6 Å². The molecule has 0 saturated carbocycles. The number of aryl methyl sites for hydroxylation is 1. The summed E-state index contributed by atoms with van der Waals surface area (Å²) in [5.41, 5.74) is 2.64. The lowest BCUT2D eigenvalue weighted by Crippen LogP contribution is -2.15. The normalized spacial score (nSPS) is 11.2. The number of nitrogens with one attached hydrogen (secondary N) is 1. The van der Waals surface area contributed by atoms with Gasteiger partial charge in [0.25, 0.3) is 0 Å². The zero-order chi connectivity index (χ0) is 24.7. The van der Waals surface area contributed by atoms with Crippen LogP contribution >= 0.6 is 15.9 Å². The zero-order valence-corrected chi connectivity index (χ0v) is 20.4. The first-order valence-corrected chi connectivity index (χ1v) is 11.5. The molecule has 2 N–H and O–H groups in total. The van der Waals surface area contributed by atoms with Crippen molar-refractivity contribution in [2.24, 2.45) is 0 Å². The van der Waals surface area contributed by atoms with Crippen LogP contribution in [0.2, 0.25) is 0 Å². The Hall–Kier alpha value is -4.11. The van der Waals surface area contributed by atoms with Crippen molar-refractivity contribution < 1.29 is 19.1 Å². The maximum absolute atomic E-state index is 12.3. The van der Waals surface area contributed by atoms with E-state index >= 15 is 0 Å². The van der Waals surface area contributed by atoms with Gasteiger partial charge in [0.2, 0.25) is 5.95 Å². The van der Waals surface area contributed by atoms with Crippen LogP contribution in [0.1, 0.15) is 21.5 Å². The minimum Gasteiger partial charge on any atom is -0.497 e. The molecular weight excluding hydrogens is 514 g/mol. The molecule has 0 amide bonds. The molecule has 176 valence electrons. The molecular formula is C26H20BrN3O5. The highest BCUT2D eigenvalue weighted by molar-refractivity contribution is 9.10. The van der Waals surface area contributed by atoms with Gasteiger partial charge in [0.05, 0.1) is 24.7 Å². The molecule has 0 bridgehead atoms. The van der Waals surface area contributed by atoms with Crippen molar-refractivity contribution >= 4 is 55.5 Å². The Morgan fingerprint density at radius 1 is 1.14 bits per heavy atom. The minimum atomic E-state index is -1.32. The topological polar surface area (TPSA) is 107 Å². The summed E-state index contributed by atoms with van der Waals surface area (Å²) in [5, 5.41) is 13.3. The summed E-state index contributed by atoms with van der Waals surface area (Å²) in [6.45, 7) is 2.11. The summed E-state index contributed by atoms with van der Waals surface area (Å²) in [6.07, 6.45) is 0. The number of ether oxygens (including phenoxy) is 1. The Kier molecular flexibility index (Phi) is 5.78. The Morgan fingerprint density at radius 3 is 2.51 bits per heavy atom. The van der Waals surface area contributed by atoms with Crippen molar-refractivity contribution in [2.75, 3.05) is 12.4 Å². The van der Waals surface area contributed by atoms with E-state index in [4.69, 9.17) is 14.1 Å². The lowest BCUT2D eigenvalue weighted by atomic mass is 10.1. The van der Waals surface area contributed by atoms with Crippen molar-refractivity contribution in [3.05, 3.63) is 92.2 Å². The predicted molar refractivity (Wildman–Crippen MR) is 137 cm³/mol. The number of nitrogens with zero attached hydrogens (tertiary/aromatic N) is 2. The second-order valence-corrected chi connectivity index (χ2v) is 8.95. The van der Waals surface area contributed by atoms with Gasteiger partial charge in [-0.1, -0.05) is 28.1 Å². The number of hydrogen-bond donors (Lipinski definition) is 2. The molecule has 3 aromatic carbocycles. The third-order valence-corrected chi connectivity index (χ3v) is 6.38. The van der Waals surface area contributed by atoms with Gasteiger partial charge in [-0.3, -0.25) is 0 Å². The molecule has 9 heteroatoms. The van der Waals surface area contributed by atoms with E-state index in [9.17, 15) is 14.7 Å². The number of benzene rings is 3. The lowest BCUT2D eigenvalue weighted by molar-refractivity contribution is 0.0691. The molecule has 0 radical (unpaired) electrons. The van der Waals surface area contributed by atoms with Gasteiger partial charge in [0, 0.05) is 21.6 Å². The molecule has 0 fully saturated rings. The number of aromatic nitrogens is 2. The van der Waals surface area contributed by atoms with Crippen molar-refractivity contribution in [2.45, 2.75) is 13.5 Å². The van der Waals surface area contributed by atoms with E-state index in [0.29, 0.717) is 34.5 Å². The molecule has 0 spiro atoms. The summed E-state index contributed by atoms with van der Waals surface area (Å²) in [7, 11) is 1.61. The van der Waals surface area contributed by atoms with E-state index in [1.54, 1.807) is 26.2 Å². The van der Waals surface area contributed by atoms with Crippen molar-refractivity contribution in [3.63, 3.8) is 0 Å². The van der Waals surface area contributed by atoms with E-state index in [1.165, 1.54) is 0 Å². The van der Waals surface area contributed by atoms with Crippen LogP contribution in [-0.4, -0.2) is 27.7 Å². The molecule has 0 saturated heterocycles. The number of hydrogen-bond acceptors (Lipinski definition) is 6. The number of carboxylic acid groups (broad SMARTS) is 1. The molecule has 5 rings (SSSR count). The maximum Gasteiger partial charge on any atom is 0.351 e. The fourth-order valence-electron chi connectivity index (χ4n) is 4.05. The molecule has 0 unspecified atom stereocenters. The number of halogens is 1. The minimum absolute atomic E-state index is 0.304. The molecule has 35 heavy (non-hydrogen) atoms. The van der Waals surface area contributed by atoms with Gasteiger partial charge in [-0.05, 0) is 60.5 Å². The number of aromatic carboxylic acids is 1. The summed E-state index contributed by atoms with van der Waals surface area (Å²) in [5.74, 6) is 0.00706. The molecule has 8 nitrogen and oxygen atoms in total. The summed E-state index contributed by atoms with van der Waals surface area (Å²) in [4.78, 5) is 28.7. The highest BCUT2D eigenvalue weighted by Crippen LogP contribution is 2.30. The van der Waals surface area contributed by atoms with Crippen molar-refractivity contribution in [1.29, 1.82) is 0 Å². The van der Waals surface area contributed by atoms with Gasteiger partial charge in [0.1, 0.15) is 16.9 Å². The van der Waals surface area contributed by atoms with E-state index in [0.717, 1.165) is 27.0 Å². The predicted octanol–water partition coefficient (Wildman–Crippen LogP) is 5.71. The monoisotopic (exact) mass is 533 g/mol. The quantitative estimate of drug-likeness (QED) is 0.269. The standard InChI is InChI=1S/C26H20BrN3O5/c1-14-19-11-20-21(12-22(19)35-25(33)23(14)24(31)32)30(13-15-3-5-16(27)6-4-15)26(29-20)28-17-7-9-18(34-2)10-8-17/h3-12H,13H2,1-2H3,(H,28,29)(H,31,32). The Balaban J connectivity index is 1.70. The average Bonchev–Trinajstić information content (AvgIpc) is 3.15. The van der Waals surface area contributed by atoms with Crippen molar-refractivity contribution in [3.8, 4) is 5.75 Å². The molecule has 0 aliphatic rings. The first-order chi connectivity index (χ1) is 16.8. The molecule has 2 aromatic heterocycles. The fourth-order valence-corrected chi connectivity index (χ4v) is 4.31. The molecule has 0 aliphatic heterocycles. The third kappa shape index (κ3) is 4.26. The number of fused-ring (bicyclic) bond motifs is 2. The van der Waals surface area contributed by atoms with Gasteiger partial charge in [-0.2, -0.15) is 0 Å². The van der Waals surface area contributed by atoms with Crippen LogP contribution in [0, 0.1) is 6.92 Å². The van der Waals surface area contributed by atoms with E-state index < -0.39 is 11.6 Å².